The van der Waals surface area contributed by atoms with Crippen LogP contribution in [0.1, 0.15) is 49.3 Å². The average molecular weight is 523 g/mol. The number of amides is 1. The van der Waals surface area contributed by atoms with Gasteiger partial charge in [0.25, 0.3) is 0 Å². The van der Waals surface area contributed by atoms with E-state index in [2.05, 4.69) is 4.90 Å². The molecule has 2 aliphatic heterocycles. The Morgan fingerprint density at radius 2 is 1.36 bits per heavy atom. The van der Waals surface area contributed by atoms with Crippen LogP contribution in [0.5, 0.6) is 0 Å². The van der Waals surface area contributed by atoms with Crippen molar-refractivity contribution in [3.8, 4) is 0 Å². The van der Waals surface area contributed by atoms with Crippen LogP contribution in [0.25, 0.3) is 0 Å². The van der Waals surface area contributed by atoms with Crippen LogP contribution >= 0.6 is 0 Å². The number of hydrogen-bond acceptors (Lipinski definition) is 4. The van der Waals surface area contributed by atoms with Gasteiger partial charge < -0.3 is 9.64 Å². The fraction of sp³-hybridized carbons (Fsp3) is 0.680. The first-order valence-corrected chi connectivity index (χ1v) is 12.1. The summed E-state index contributed by atoms with van der Waals surface area (Å²) >= 11 is 0. The number of halogens is 6. The van der Waals surface area contributed by atoms with Crippen LogP contribution in [-0.2, 0) is 33.1 Å². The van der Waals surface area contributed by atoms with Gasteiger partial charge in [-0.1, -0.05) is 6.92 Å². The molecular formula is C25H32F6N2O3. The minimum Gasteiger partial charge on any atom is -0.468 e. The predicted octanol–water partition coefficient (Wildman–Crippen LogP) is 5.03. The number of piperidine rings is 2. The minimum absolute atomic E-state index is 0.0979. The second kappa shape index (κ2) is 11.4. The lowest BCUT2D eigenvalue weighted by molar-refractivity contribution is -0.144. The van der Waals surface area contributed by atoms with E-state index in [4.69, 9.17) is 4.74 Å². The monoisotopic (exact) mass is 522 g/mol. The van der Waals surface area contributed by atoms with E-state index in [9.17, 15) is 35.9 Å². The second-order valence-electron chi connectivity index (χ2n) is 9.87. The Hall–Kier alpha value is -2.30. The summed E-state index contributed by atoms with van der Waals surface area (Å²) in [5.74, 6) is -0.309. The highest BCUT2D eigenvalue weighted by Crippen LogP contribution is 2.37. The van der Waals surface area contributed by atoms with Crippen molar-refractivity contribution in [2.45, 2.75) is 51.4 Å². The second-order valence-corrected chi connectivity index (χ2v) is 9.87. The molecule has 2 heterocycles. The number of carbonyl (C=O) groups is 2. The Bertz CT molecular complexity index is 885. The maximum absolute atomic E-state index is 13.1. The lowest BCUT2D eigenvalue weighted by atomic mass is 9.78. The molecule has 0 radical (unpaired) electrons. The summed E-state index contributed by atoms with van der Waals surface area (Å²) in [5, 5.41) is 0. The molecule has 0 aromatic heterocycles. The minimum atomic E-state index is -4.92. The van der Waals surface area contributed by atoms with E-state index in [1.165, 1.54) is 7.11 Å². The molecule has 202 valence electrons. The number of carbonyl (C=O) groups excluding carboxylic acids is 2. The Kier molecular flexibility index (Phi) is 8.95. The van der Waals surface area contributed by atoms with Crippen molar-refractivity contribution in [1.82, 2.24) is 9.80 Å². The van der Waals surface area contributed by atoms with E-state index in [1.807, 2.05) is 0 Å². The quantitative estimate of drug-likeness (QED) is 0.389. The molecule has 3 rings (SSSR count). The van der Waals surface area contributed by atoms with Gasteiger partial charge in [0.15, 0.2) is 0 Å². The van der Waals surface area contributed by atoms with Gasteiger partial charge >= 0.3 is 18.3 Å². The van der Waals surface area contributed by atoms with Crippen molar-refractivity contribution < 1.29 is 40.7 Å². The van der Waals surface area contributed by atoms with Crippen LogP contribution in [-0.4, -0.2) is 61.5 Å². The largest absolute Gasteiger partial charge is 0.468 e. The van der Waals surface area contributed by atoms with E-state index in [1.54, 1.807) is 11.8 Å². The number of esters is 1. The molecule has 36 heavy (non-hydrogen) atoms. The van der Waals surface area contributed by atoms with E-state index < -0.39 is 29.4 Å². The molecule has 2 aliphatic rings. The standard InChI is InChI=1S/C25H32F6N2O3/c1-16(11-17-12-20(24(26,27)28)14-21(13-17)25(29,30)31)23(35)33-9-5-19(6-10-33)18-3-7-32(8-4-18)15-22(34)36-2/h12-14,16,18-19H,3-11,15H2,1-2H3/t16-/m1/s1. The number of rotatable bonds is 6. The number of benzene rings is 1. The van der Waals surface area contributed by atoms with Crippen molar-refractivity contribution in [1.29, 1.82) is 0 Å². The van der Waals surface area contributed by atoms with Crippen LogP contribution in [0.4, 0.5) is 26.3 Å². The van der Waals surface area contributed by atoms with Gasteiger partial charge in [0.05, 0.1) is 24.8 Å². The Morgan fingerprint density at radius 1 is 0.889 bits per heavy atom. The Morgan fingerprint density at radius 3 is 1.81 bits per heavy atom. The molecule has 0 saturated carbocycles. The van der Waals surface area contributed by atoms with Crippen LogP contribution in [0.3, 0.4) is 0 Å². The van der Waals surface area contributed by atoms with E-state index in [-0.39, 0.29) is 36.5 Å². The highest BCUT2D eigenvalue weighted by molar-refractivity contribution is 5.79. The first kappa shape index (κ1) is 28.3. The maximum atomic E-state index is 13.1. The van der Waals surface area contributed by atoms with Crippen molar-refractivity contribution in [2.75, 3.05) is 39.8 Å². The number of methoxy groups -OCH3 is 1. The number of ether oxygens (including phenoxy) is 1. The van der Waals surface area contributed by atoms with Crippen molar-refractivity contribution >= 4 is 11.9 Å². The summed E-state index contributed by atoms with van der Waals surface area (Å²) in [5.41, 5.74) is -2.90. The zero-order chi connectivity index (χ0) is 26.7. The molecule has 0 bridgehead atoms. The zero-order valence-electron chi connectivity index (χ0n) is 20.4. The molecular weight excluding hydrogens is 490 g/mol. The van der Waals surface area contributed by atoms with Gasteiger partial charge in [-0.2, -0.15) is 26.3 Å². The third kappa shape index (κ3) is 7.36. The van der Waals surface area contributed by atoms with Gasteiger partial charge in [0.1, 0.15) is 0 Å². The van der Waals surface area contributed by atoms with Gasteiger partial charge in [-0.05, 0) is 80.8 Å². The maximum Gasteiger partial charge on any atom is 0.416 e. The Labute approximate surface area is 206 Å². The topological polar surface area (TPSA) is 49.9 Å². The summed E-state index contributed by atoms with van der Waals surface area (Å²) in [4.78, 5) is 28.2. The first-order valence-electron chi connectivity index (χ1n) is 12.1. The summed E-state index contributed by atoms with van der Waals surface area (Å²) in [6, 6.07) is 1.48. The van der Waals surface area contributed by atoms with Crippen LogP contribution < -0.4 is 0 Å². The SMILES string of the molecule is COC(=O)CN1CCC(C2CCN(C(=O)[C@H](C)Cc3cc(C(F)(F)F)cc(C(F)(F)F)c3)CC2)CC1. The van der Waals surface area contributed by atoms with Gasteiger partial charge in [-0.15, -0.1) is 0 Å². The fourth-order valence-electron chi connectivity index (χ4n) is 5.31. The molecule has 2 saturated heterocycles. The molecule has 0 spiro atoms. The molecule has 5 nitrogen and oxygen atoms in total. The fourth-order valence-corrected chi connectivity index (χ4v) is 5.31. The van der Waals surface area contributed by atoms with Crippen LogP contribution in [0.2, 0.25) is 0 Å². The third-order valence-corrected chi connectivity index (χ3v) is 7.34. The normalized spacial score (nSPS) is 19.8. The summed E-state index contributed by atoms with van der Waals surface area (Å²) in [6.07, 6.45) is -6.50. The zero-order valence-corrected chi connectivity index (χ0v) is 20.4. The number of nitrogens with zero attached hydrogens (tertiary/aromatic N) is 2. The Balaban J connectivity index is 1.54. The number of likely N-dealkylation sites (tertiary alicyclic amines) is 2. The van der Waals surface area contributed by atoms with E-state index in [0.717, 1.165) is 38.8 Å². The van der Waals surface area contributed by atoms with Gasteiger partial charge in [0, 0.05) is 19.0 Å². The molecule has 1 aromatic rings. The van der Waals surface area contributed by atoms with Crippen molar-refractivity contribution in [3.05, 3.63) is 34.9 Å². The molecule has 0 unspecified atom stereocenters. The summed E-state index contributed by atoms with van der Waals surface area (Å²) in [7, 11) is 1.37. The van der Waals surface area contributed by atoms with E-state index >= 15 is 0 Å². The summed E-state index contributed by atoms with van der Waals surface area (Å²) < 4.78 is 83.6. The molecule has 1 amide bonds. The number of hydrogen-bond donors (Lipinski definition) is 0. The van der Waals surface area contributed by atoms with Crippen molar-refractivity contribution in [2.24, 2.45) is 17.8 Å². The highest BCUT2D eigenvalue weighted by atomic mass is 19.4. The van der Waals surface area contributed by atoms with Crippen molar-refractivity contribution in [3.63, 3.8) is 0 Å². The number of alkyl halides is 6. The molecule has 2 fully saturated rings. The summed E-state index contributed by atoms with van der Waals surface area (Å²) in [6.45, 7) is 4.49. The third-order valence-electron chi connectivity index (χ3n) is 7.34. The van der Waals surface area contributed by atoms with E-state index in [0.29, 0.717) is 37.1 Å². The molecule has 1 aromatic carbocycles. The lowest BCUT2D eigenvalue weighted by Gasteiger charge is -2.40. The van der Waals surface area contributed by atoms with Crippen LogP contribution in [0.15, 0.2) is 18.2 Å². The lowest BCUT2D eigenvalue weighted by Crippen LogP contribution is -2.45. The molecule has 0 N–H and O–H groups in total. The van der Waals surface area contributed by atoms with Gasteiger partial charge in [0.2, 0.25) is 5.91 Å². The smallest absolute Gasteiger partial charge is 0.416 e. The highest BCUT2D eigenvalue weighted by Gasteiger charge is 2.37. The molecule has 11 heteroatoms. The first-order chi connectivity index (χ1) is 16.8. The molecule has 0 aliphatic carbocycles. The van der Waals surface area contributed by atoms with Crippen LogP contribution in [0, 0.1) is 17.8 Å². The average Bonchev–Trinajstić information content (AvgIpc) is 2.82. The predicted molar refractivity (Wildman–Crippen MR) is 120 cm³/mol. The van der Waals surface area contributed by atoms with Gasteiger partial charge in [-0.3, -0.25) is 14.5 Å². The van der Waals surface area contributed by atoms with Gasteiger partial charge in [-0.25, -0.2) is 0 Å². The molecule has 1 atom stereocenters.